The molecule has 1 N–H and O–H groups in total. The van der Waals surface area contributed by atoms with E-state index in [-0.39, 0.29) is 5.82 Å². The lowest BCUT2D eigenvalue weighted by molar-refractivity contribution is 0.617. The molecule has 0 unspecified atom stereocenters. The first-order chi connectivity index (χ1) is 8.20. The van der Waals surface area contributed by atoms with Gasteiger partial charge in [0.25, 0.3) is 0 Å². The fourth-order valence-electron chi connectivity index (χ4n) is 1.64. The van der Waals surface area contributed by atoms with E-state index in [1.165, 1.54) is 12.1 Å². The Bertz CT molecular complexity index is 490. The molecular formula is C12H15FN4. The molecule has 0 saturated carbocycles. The van der Waals surface area contributed by atoms with Crippen molar-refractivity contribution in [1.82, 2.24) is 20.3 Å². The SMILES string of the molecule is CNCc1nnn(Cc2ccc(F)cc2)c1C. The Hall–Kier alpha value is -1.75. The number of hydrogen-bond acceptors (Lipinski definition) is 3. The Balaban J connectivity index is 2.16. The Labute approximate surface area is 99.5 Å². The zero-order valence-electron chi connectivity index (χ0n) is 9.94. The molecule has 2 aromatic rings. The third kappa shape index (κ3) is 2.68. The minimum atomic E-state index is -0.222. The molecular weight excluding hydrogens is 219 g/mol. The molecule has 0 aliphatic rings. The summed E-state index contributed by atoms with van der Waals surface area (Å²) >= 11 is 0. The zero-order valence-corrected chi connectivity index (χ0v) is 9.94. The first kappa shape index (κ1) is 11.7. The molecule has 0 radical (unpaired) electrons. The molecule has 1 aromatic heterocycles. The fraction of sp³-hybridized carbons (Fsp3) is 0.333. The molecule has 1 heterocycles. The summed E-state index contributed by atoms with van der Waals surface area (Å²) in [6.07, 6.45) is 0. The van der Waals surface area contributed by atoms with E-state index in [1.807, 2.05) is 18.7 Å². The van der Waals surface area contributed by atoms with Crippen molar-refractivity contribution in [1.29, 1.82) is 0 Å². The predicted octanol–water partition coefficient (Wildman–Crippen LogP) is 1.49. The van der Waals surface area contributed by atoms with Crippen LogP contribution in [0.25, 0.3) is 0 Å². The molecule has 17 heavy (non-hydrogen) atoms. The molecule has 0 fully saturated rings. The number of nitrogens with zero attached hydrogens (tertiary/aromatic N) is 3. The fourth-order valence-corrected chi connectivity index (χ4v) is 1.64. The number of hydrogen-bond donors (Lipinski definition) is 1. The van der Waals surface area contributed by atoms with Gasteiger partial charge in [0.1, 0.15) is 5.82 Å². The minimum Gasteiger partial charge on any atom is -0.314 e. The van der Waals surface area contributed by atoms with Gasteiger partial charge in [-0.3, -0.25) is 0 Å². The summed E-state index contributed by atoms with van der Waals surface area (Å²) in [6.45, 7) is 3.30. The van der Waals surface area contributed by atoms with Gasteiger partial charge in [0, 0.05) is 6.54 Å². The Morgan fingerprint density at radius 3 is 2.65 bits per heavy atom. The normalized spacial score (nSPS) is 10.8. The van der Waals surface area contributed by atoms with Crippen LogP contribution in [0, 0.1) is 12.7 Å². The van der Waals surface area contributed by atoms with Crippen molar-refractivity contribution in [2.75, 3.05) is 7.05 Å². The van der Waals surface area contributed by atoms with Gasteiger partial charge in [-0.15, -0.1) is 5.10 Å². The number of nitrogens with one attached hydrogen (secondary N) is 1. The molecule has 0 spiro atoms. The van der Waals surface area contributed by atoms with E-state index in [0.29, 0.717) is 13.1 Å². The van der Waals surface area contributed by atoms with Crippen LogP contribution >= 0.6 is 0 Å². The number of rotatable bonds is 4. The number of benzene rings is 1. The van der Waals surface area contributed by atoms with E-state index in [0.717, 1.165) is 17.0 Å². The molecule has 0 atom stereocenters. The maximum atomic E-state index is 12.8. The van der Waals surface area contributed by atoms with Gasteiger partial charge >= 0.3 is 0 Å². The van der Waals surface area contributed by atoms with Gasteiger partial charge < -0.3 is 5.32 Å². The van der Waals surface area contributed by atoms with Crippen molar-refractivity contribution in [2.24, 2.45) is 0 Å². The average Bonchev–Trinajstić information content (AvgIpc) is 2.65. The van der Waals surface area contributed by atoms with Crippen LogP contribution in [0.4, 0.5) is 4.39 Å². The second-order valence-electron chi connectivity index (χ2n) is 3.94. The second-order valence-corrected chi connectivity index (χ2v) is 3.94. The predicted molar refractivity (Wildman–Crippen MR) is 63.0 cm³/mol. The molecule has 0 bridgehead atoms. The summed E-state index contributed by atoms with van der Waals surface area (Å²) < 4.78 is 14.6. The van der Waals surface area contributed by atoms with Gasteiger partial charge in [-0.1, -0.05) is 17.3 Å². The van der Waals surface area contributed by atoms with E-state index < -0.39 is 0 Å². The maximum absolute atomic E-state index is 12.8. The third-order valence-corrected chi connectivity index (χ3v) is 2.67. The topological polar surface area (TPSA) is 42.7 Å². The van der Waals surface area contributed by atoms with E-state index in [1.54, 1.807) is 12.1 Å². The van der Waals surface area contributed by atoms with Crippen LogP contribution in [0.5, 0.6) is 0 Å². The van der Waals surface area contributed by atoms with Crippen molar-refractivity contribution in [3.05, 3.63) is 47.0 Å². The van der Waals surface area contributed by atoms with Gasteiger partial charge in [-0.25, -0.2) is 9.07 Å². The van der Waals surface area contributed by atoms with Crippen LogP contribution in [0.15, 0.2) is 24.3 Å². The smallest absolute Gasteiger partial charge is 0.123 e. The van der Waals surface area contributed by atoms with Gasteiger partial charge in [-0.2, -0.15) is 0 Å². The van der Waals surface area contributed by atoms with Crippen LogP contribution in [-0.2, 0) is 13.1 Å². The summed E-state index contributed by atoms with van der Waals surface area (Å²) in [5.41, 5.74) is 2.98. The monoisotopic (exact) mass is 234 g/mol. The largest absolute Gasteiger partial charge is 0.314 e. The van der Waals surface area contributed by atoms with E-state index in [4.69, 9.17) is 0 Å². The Morgan fingerprint density at radius 2 is 2.00 bits per heavy atom. The van der Waals surface area contributed by atoms with Crippen molar-refractivity contribution in [3.63, 3.8) is 0 Å². The summed E-state index contributed by atoms with van der Waals surface area (Å²) in [5.74, 6) is -0.222. The lowest BCUT2D eigenvalue weighted by Crippen LogP contribution is -2.08. The highest BCUT2D eigenvalue weighted by Crippen LogP contribution is 2.08. The summed E-state index contributed by atoms with van der Waals surface area (Å²) in [7, 11) is 1.87. The van der Waals surface area contributed by atoms with Crippen LogP contribution in [0.1, 0.15) is 17.0 Å². The van der Waals surface area contributed by atoms with Crippen LogP contribution < -0.4 is 5.32 Å². The molecule has 2 rings (SSSR count). The molecule has 5 heteroatoms. The molecule has 4 nitrogen and oxygen atoms in total. The lowest BCUT2D eigenvalue weighted by Gasteiger charge is -2.04. The summed E-state index contributed by atoms with van der Waals surface area (Å²) in [5, 5.41) is 11.2. The van der Waals surface area contributed by atoms with E-state index in [9.17, 15) is 4.39 Å². The third-order valence-electron chi connectivity index (χ3n) is 2.67. The Morgan fingerprint density at radius 1 is 1.29 bits per heavy atom. The van der Waals surface area contributed by atoms with Gasteiger partial charge in [-0.05, 0) is 31.7 Å². The summed E-state index contributed by atoms with van der Waals surface area (Å²) in [4.78, 5) is 0. The van der Waals surface area contributed by atoms with Crippen molar-refractivity contribution < 1.29 is 4.39 Å². The number of halogens is 1. The van der Waals surface area contributed by atoms with Crippen LogP contribution in [-0.4, -0.2) is 22.0 Å². The second kappa shape index (κ2) is 5.05. The van der Waals surface area contributed by atoms with Gasteiger partial charge in [0.2, 0.25) is 0 Å². The standard InChI is InChI=1S/C12H15FN4/c1-9-12(7-14-2)15-16-17(9)8-10-3-5-11(13)6-4-10/h3-6,14H,7-8H2,1-2H3. The first-order valence-corrected chi connectivity index (χ1v) is 5.48. The molecule has 0 aliphatic carbocycles. The highest BCUT2D eigenvalue weighted by atomic mass is 19.1. The number of aromatic nitrogens is 3. The minimum absolute atomic E-state index is 0.222. The van der Waals surface area contributed by atoms with E-state index >= 15 is 0 Å². The molecule has 0 amide bonds. The maximum Gasteiger partial charge on any atom is 0.123 e. The van der Waals surface area contributed by atoms with Crippen LogP contribution in [0.3, 0.4) is 0 Å². The summed E-state index contributed by atoms with van der Waals surface area (Å²) in [6, 6.07) is 6.43. The van der Waals surface area contributed by atoms with Crippen molar-refractivity contribution in [3.8, 4) is 0 Å². The molecule has 0 saturated heterocycles. The first-order valence-electron chi connectivity index (χ1n) is 5.48. The van der Waals surface area contributed by atoms with E-state index in [2.05, 4.69) is 15.6 Å². The Kier molecular flexibility index (Phi) is 3.49. The van der Waals surface area contributed by atoms with Gasteiger partial charge in [0.15, 0.2) is 0 Å². The lowest BCUT2D eigenvalue weighted by atomic mass is 10.2. The molecule has 0 aliphatic heterocycles. The van der Waals surface area contributed by atoms with Crippen molar-refractivity contribution in [2.45, 2.75) is 20.0 Å². The molecule has 90 valence electrons. The van der Waals surface area contributed by atoms with Crippen LogP contribution in [0.2, 0.25) is 0 Å². The zero-order chi connectivity index (χ0) is 12.3. The highest BCUT2D eigenvalue weighted by Gasteiger charge is 2.07. The quantitative estimate of drug-likeness (QED) is 0.871. The van der Waals surface area contributed by atoms with Gasteiger partial charge in [0.05, 0.1) is 17.9 Å². The van der Waals surface area contributed by atoms with Crippen molar-refractivity contribution >= 4 is 0 Å². The average molecular weight is 234 g/mol. The molecule has 1 aromatic carbocycles. The highest BCUT2D eigenvalue weighted by molar-refractivity contribution is 5.17.